The molecule has 8 nitrogen and oxygen atoms in total. The van der Waals surface area contributed by atoms with Gasteiger partial charge in [-0.2, -0.15) is 0 Å². The molecule has 0 bridgehead atoms. The summed E-state index contributed by atoms with van der Waals surface area (Å²) < 4.78 is 24.3. The van der Waals surface area contributed by atoms with Crippen molar-refractivity contribution in [2.24, 2.45) is 5.14 Å². The first-order valence-corrected chi connectivity index (χ1v) is 11.8. The second-order valence-corrected chi connectivity index (χ2v) is 9.08. The molecule has 0 saturated heterocycles. The van der Waals surface area contributed by atoms with Crippen LogP contribution in [0.4, 0.5) is 0 Å². The quantitative estimate of drug-likeness (QED) is 0.297. The smallest absolute Gasteiger partial charge is 0.262 e. The van der Waals surface area contributed by atoms with E-state index in [1.165, 1.54) is 16.7 Å². The third kappa shape index (κ3) is 5.73. The molecule has 3 rings (SSSR count). The maximum atomic E-state index is 13.1. The number of sulfonamides is 1. The average molecular weight is 457 g/mol. The van der Waals surface area contributed by atoms with Crippen molar-refractivity contribution in [3.63, 3.8) is 0 Å². The zero-order chi connectivity index (χ0) is 22.4. The number of nitrogens with one attached hydrogen (secondary N) is 1. The minimum absolute atomic E-state index is 0.0232. The van der Waals surface area contributed by atoms with E-state index in [4.69, 9.17) is 11.6 Å². The number of benzene rings is 2. The molecule has 0 aliphatic heterocycles. The molecule has 10 heteroatoms. The first-order valence-electron chi connectivity index (χ1n) is 9.24. The van der Waals surface area contributed by atoms with Crippen LogP contribution < -0.4 is 16.0 Å². The van der Waals surface area contributed by atoms with Gasteiger partial charge in [0.05, 0.1) is 28.1 Å². The summed E-state index contributed by atoms with van der Waals surface area (Å²) >= 11 is 1.15. The van der Waals surface area contributed by atoms with E-state index in [-0.39, 0.29) is 28.7 Å². The summed E-state index contributed by atoms with van der Waals surface area (Å²) in [6.07, 6.45) is 5.61. The number of hydrogen-bond donors (Lipinski definition) is 2. The van der Waals surface area contributed by atoms with Crippen molar-refractivity contribution in [1.29, 1.82) is 0 Å². The van der Waals surface area contributed by atoms with Crippen LogP contribution in [0.25, 0.3) is 10.9 Å². The van der Waals surface area contributed by atoms with Crippen LogP contribution >= 0.6 is 11.8 Å². The van der Waals surface area contributed by atoms with E-state index in [0.717, 1.165) is 17.3 Å². The highest BCUT2D eigenvalue weighted by molar-refractivity contribution is 7.99. The minimum Gasteiger partial charge on any atom is -0.344 e. The van der Waals surface area contributed by atoms with E-state index in [1.54, 1.807) is 36.4 Å². The average Bonchev–Trinajstić information content (AvgIpc) is 2.75. The number of nitrogens with zero attached hydrogens (tertiary/aromatic N) is 2. The molecule has 31 heavy (non-hydrogen) atoms. The normalized spacial score (nSPS) is 11.2. The number of carbonyl (C=O) groups is 1. The molecule has 0 saturated carbocycles. The molecule has 1 aromatic heterocycles. The number of rotatable bonds is 8. The van der Waals surface area contributed by atoms with Gasteiger partial charge < -0.3 is 5.32 Å². The van der Waals surface area contributed by atoms with Gasteiger partial charge in [0.15, 0.2) is 5.16 Å². The van der Waals surface area contributed by atoms with E-state index in [0.29, 0.717) is 29.0 Å². The molecule has 0 aliphatic carbocycles. The first kappa shape index (κ1) is 22.6. The Hall–Kier alpha value is -3.13. The number of aryl methyl sites for hydroxylation is 1. The van der Waals surface area contributed by atoms with E-state index in [2.05, 4.69) is 16.2 Å². The lowest BCUT2D eigenvalue weighted by Crippen LogP contribution is -2.27. The molecule has 0 aliphatic rings. The fraction of sp³-hybridized carbons (Fsp3) is 0.190. The standard InChI is InChI=1S/C21H20N4O4S2/c1-2-12-23-19(26)14-30-21-24-18-6-4-3-5-17(18)20(27)25(21)13-11-15-7-9-16(10-8-15)31(22,28)29/h1,3-10H,11-14H2,(H,23,26)(H2,22,28,29). The second kappa shape index (κ2) is 9.78. The largest absolute Gasteiger partial charge is 0.344 e. The van der Waals surface area contributed by atoms with Gasteiger partial charge in [-0.3, -0.25) is 14.2 Å². The number of fused-ring (bicyclic) bond motifs is 1. The van der Waals surface area contributed by atoms with E-state index in [9.17, 15) is 18.0 Å². The fourth-order valence-corrected chi connectivity index (χ4v) is 4.24. The van der Waals surface area contributed by atoms with Crippen LogP contribution in [0.2, 0.25) is 0 Å². The summed E-state index contributed by atoms with van der Waals surface area (Å²) in [6.45, 7) is 0.436. The summed E-state index contributed by atoms with van der Waals surface area (Å²) in [4.78, 5) is 29.6. The number of primary sulfonamides is 1. The van der Waals surface area contributed by atoms with Gasteiger partial charge in [0.2, 0.25) is 15.9 Å². The molecule has 3 N–H and O–H groups in total. The van der Waals surface area contributed by atoms with Gasteiger partial charge in [0, 0.05) is 6.54 Å². The van der Waals surface area contributed by atoms with Crippen molar-refractivity contribution in [2.75, 3.05) is 12.3 Å². The molecular formula is C21H20N4O4S2. The predicted octanol–water partition coefficient (Wildman–Crippen LogP) is 1.13. The highest BCUT2D eigenvalue weighted by Gasteiger charge is 2.14. The third-order valence-corrected chi connectivity index (χ3v) is 6.33. The van der Waals surface area contributed by atoms with E-state index >= 15 is 0 Å². The molecule has 0 fully saturated rings. The zero-order valence-electron chi connectivity index (χ0n) is 16.4. The lowest BCUT2D eigenvalue weighted by molar-refractivity contribution is -0.118. The van der Waals surface area contributed by atoms with Crippen LogP contribution in [0.1, 0.15) is 5.56 Å². The fourth-order valence-electron chi connectivity index (χ4n) is 2.87. The molecule has 0 spiro atoms. The molecule has 0 unspecified atom stereocenters. The van der Waals surface area contributed by atoms with Crippen LogP contribution in [0.3, 0.4) is 0 Å². The van der Waals surface area contributed by atoms with Crippen molar-refractivity contribution >= 4 is 38.6 Å². The van der Waals surface area contributed by atoms with Gasteiger partial charge in [-0.05, 0) is 36.2 Å². The number of terminal acetylenes is 1. The Kier molecular flexibility index (Phi) is 7.12. The van der Waals surface area contributed by atoms with Gasteiger partial charge in [-0.15, -0.1) is 6.42 Å². The Bertz CT molecular complexity index is 1310. The lowest BCUT2D eigenvalue weighted by Gasteiger charge is -2.13. The number of nitrogens with two attached hydrogens (primary N) is 1. The van der Waals surface area contributed by atoms with Crippen molar-refractivity contribution in [3.05, 3.63) is 64.4 Å². The number of aromatic nitrogens is 2. The van der Waals surface area contributed by atoms with Crippen molar-refractivity contribution < 1.29 is 13.2 Å². The maximum absolute atomic E-state index is 13.1. The molecule has 1 heterocycles. The number of para-hydroxylation sites is 1. The lowest BCUT2D eigenvalue weighted by atomic mass is 10.1. The molecule has 2 aromatic carbocycles. The number of carbonyl (C=O) groups excluding carboxylic acids is 1. The topological polar surface area (TPSA) is 124 Å². The molecule has 3 aromatic rings. The Labute approximate surface area is 183 Å². The van der Waals surface area contributed by atoms with Crippen LogP contribution in [0.5, 0.6) is 0 Å². The Morgan fingerprint density at radius 1 is 1.19 bits per heavy atom. The van der Waals surface area contributed by atoms with Crippen molar-refractivity contribution in [3.8, 4) is 12.3 Å². The summed E-state index contributed by atoms with van der Waals surface area (Å²) in [5, 5.41) is 8.60. The SMILES string of the molecule is C#CCNC(=O)CSc1nc2ccccc2c(=O)n1CCc1ccc(S(N)(=O)=O)cc1. The Morgan fingerprint density at radius 3 is 2.58 bits per heavy atom. The molecule has 160 valence electrons. The second-order valence-electron chi connectivity index (χ2n) is 6.58. The molecular weight excluding hydrogens is 436 g/mol. The van der Waals surface area contributed by atoms with E-state index < -0.39 is 10.0 Å². The van der Waals surface area contributed by atoms with Crippen LogP contribution in [0.15, 0.2) is 63.4 Å². The van der Waals surface area contributed by atoms with Gasteiger partial charge in [0.25, 0.3) is 5.56 Å². The van der Waals surface area contributed by atoms with Gasteiger partial charge >= 0.3 is 0 Å². The van der Waals surface area contributed by atoms with Crippen molar-refractivity contribution in [2.45, 2.75) is 23.0 Å². The monoisotopic (exact) mass is 456 g/mol. The summed E-state index contributed by atoms with van der Waals surface area (Å²) in [6, 6.07) is 13.2. The summed E-state index contributed by atoms with van der Waals surface area (Å²) in [5.74, 6) is 2.15. The summed E-state index contributed by atoms with van der Waals surface area (Å²) in [7, 11) is -3.77. The van der Waals surface area contributed by atoms with Gasteiger partial charge in [0.1, 0.15) is 0 Å². The van der Waals surface area contributed by atoms with Gasteiger partial charge in [-0.1, -0.05) is 41.9 Å². The van der Waals surface area contributed by atoms with Gasteiger partial charge in [-0.25, -0.2) is 18.5 Å². The Balaban J connectivity index is 1.86. The third-order valence-electron chi connectivity index (χ3n) is 4.42. The van der Waals surface area contributed by atoms with Crippen LogP contribution in [0, 0.1) is 12.3 Å². The van der Waals surface area contributed by atoms with E-state index in [1.807, 2.05) is 0 Å². The molecule has 1 amide bonds. The highest BCUT2D eigenvalue weighted by Crippen LogP contribution is 2.18. The van der Waals surface area contributed by atoms with Crippen LogP contribution in [-0.4, -0.2) is 36.2 Å². The maximum Gasteiger partial charge on any atom is 0.262 e. The first-order chi connectivity index (χ1) is 14.8. The predicted molar refractivity (Wildman–Crippen MR) is 120 cm³/mol. The number of thioether (sulfide) groups is 1. The van der Waals surface area contributed by atoms with Crippen molar-refractivity contribution in [1.82, 2.24) is 14.9 Å². The zero-order valence-corrected chi connectivity index (χ0v) is 18.1. The highest BCUT2D eigenvalue weighted by atomic mass is 32.2. The number of amides is 1. The molecule has 0 atom stereocenters. The number of hydrogen-bond acceptors (Lipinski definition) is 6. The minimum atomic E-state index is -3.77. The summed E-state index contributed by atoms with van der Waals surface area (Å²) in [5.41, 5.74) is 1.17. The van der Waals surface area contributed by atoms with Crippen LogP contribution in [-0.2, 0) is 27.8 Å². The Morgan fingerprint density at radius 2 is 1.90 bits per heavy atom. The molecule has 0 radical (unpaired) electrons.